The molecule has 7 nitrogen and oxygen atoms in total. The topological polar surface area (TPSA) is 120 Å². The Balaban J connectivity index is 1.27. The molecule has 0 amide bonds. The van der Waals surface area contributed by atoms with Crippen molar-refractivity contribution >= 4 is 0 Å². The number of aliphatic hydroxyl groups excluding tert-OH is 4. The van der Waals surface area contributed by atoms with Crippen LogP contribution in [0.2, 0.25) is 0 Å². The lowest BCUT2D eigenvalue weighted by atomic mass is 9.46. The van der Waals surface area contributed by atoms with Crippen molar-refractivity contribution in [1.82, 2.24) is 0 Å². The summed E-state index contributed by atoms with van der Waals surface area (Å²) in [6, 6.07) is 0. The molecule has 0 aromatic rings. The van der Waals surface area contributed by atoms with Crippen LogP contribution in [-0.4, -0.2) is 68.6 Å². The van der Waals surface area contributed by atoms with Crippen molar-refractivity contribution in [3.05, 3.63) is 11.6 Å². The first kappa shape index (κ1) is 30.9. The quantitative estimate of drug-likeness (QED) is 0.217. The highest BCUT2D eigenvalue weighted by atomic mass is 16.8. The van der Waals surface area contributed by atoms with Crippen LogP contribution in [0, 0.1) is 46.3 Å². The Morgan fingerprint density at radius 3 is 2.40 bits per heavy atom. The molecular weight excluding hydrogens is 508 g/mol. The van der Waals surface area contributed by atoms with Gasteiger partial charge in [-0.1, -0.05) is 65.5 Å². The molecule has 5 N–H and O–H groups in total. The molecule has 0 aromatic heterocycles. The van der Waals surface area contributed by atoms with E-state index < -0.39 is 43.1 Å². The molecule has 3 saturated carbocycles. The van der Waals surface area contributed by atoms with E-state index in [9.17, 15) is 25.5 Å². The zero-order chi connectivity index (χ0) is 29.0. The summed E-state index contributed by atoms with van der Waals surface area (Å²) in [7, 11) is 0. The highest BCUT2D eigenvalue weighted by molar-refractivity contribution is 5.26. The van der Waals surface area contributed by atoms with Gasteiger partial charge >= 0.3 is 0 Å². The third-order valence-electron chi connectivity index (χ3n) is 12.5. The molecule has 4 unspecified atom stereocenters. The SMILES string of the molecule is CC(C)CCC[C@@H](C)[C@H]1CCC2C3CC=C4CC(O)(O[C@H]5O[C@H](CO)[C@H](O)[C@@H](O)[C@H]5O)CC[C@]4(C)C3CC[C@@]21C. The van der Waals surface area contributed by atoms with Crippen LogP contribution in [0.3, 0.4) is 0 Å². The van der Waals surface area contributed by atoms with Crippen molar-refractivity contribution in [2.45, 2.75) is 142 Å². The summed E-state index contributed by atoms with van der Waals surface area (Å²) in [5.41, 5.74) is 1.70. The van der Waals surface area contributed by atoms with Crippen LogP contribution >= 0.6 is 0 Å². The highest BCUT2D eigenvalue weighted by Gasteiger charge is 2.60. The molecule has 7 heteroatoms. The summed E-state index contributed by atoms with van der Waals surface area (Å²) in [5, 5.41) is 51.8. The standard InChI is InChI=1S/C33H56O7/c1-19(2)7-6-8-20(3)23-11-12-24-22-10-9-21-17-33(38,16-15-31(21,4)25(22)13-14-32(23,24)5)40-30-29(37)28(36)27(35)26(18-34)39-30/h9,19-20,22-30,34-38H,6-8,10-18H2,1-5H3/t20-,22?,23-,24?,25?,26-,27+,28-,29-,30-,31+,32-,33?/m1/s1. The van der Waals surface area contributed by atoms with Gasteiger partial charge in [0.25, 0.3) is 0 Å². The molecule has 230 valence electrons. The summed E-state index contributed by atoms with van der Waals surface area (Å²) >= 11 is 0. The summed E-state index contributed by atoms with van der Waals surface area (Å²) in [6.07, 6.45) is 7.43. The fraction of sp³-hybridized carbons (Fsp3) is 0.939. The average molecular weight is 565 g/mol. The van der Waals surface area contributed by atoms with E-state index in [1.807, 2.05) is 0 Å². The van der Waals surface area contributed by atoms with Crippen molar-refractivity contribution in [1.29, 1.82) is 0 Å². The first-order chi connectivity index (χ1) is 18.8. The predicted molar refractivity (Wildman–Crippen MR) is 153 cm³/mol. The Bertz CT molecular complexity index is 920. The molecule has 13 atom stereocenters. The smallest absolute Gasteiger partial charge is 0.189 e. The van der Waals surface area contributed by atoms with Crippen molar-refractivity contribution in [2.75, 3.05) is 6.61 Å². The molecule has 4 aliphatic carbocycles. The minimum absolute atomic E-state index is 0.0240. The van der Waals surface area contributed by atoms with Gasteiger partial charge in [-0.15, -0.1) is 0 Å². The van der Waals surface area contributed by atoms with Crippen LogP contribution in [0.1, 0.15) is 105 Å². The maximum Gasteiger partial charge on any atom is 0.189 e. The summed E-state index contributed by atoms with van der Waals surface area (Å²) < 4.78 is 11.5. The lowest BCUT2D eigenvalue weighted by Crippen LogP contribution is -2.61. The van der Waals surface area contributed by atoms with E-state index in [-0.39, 0.29) is 5.41 Å². The average Bonchev–Trinajstić information content (AvgIpc) is 3.26. The minimum atomic E-state index is -1.53. The maximum atomic E-state index is 11.5. The van der Waals surface area contributed by atoms with Crippen LogP contribution in [0.25, 0.3) is 0 Å². The van der Waals surface area contributed by atoms with E-state index in [4.69, 9.17) is 9.47 Å². The van der Waals surface area contributed by atoms with Gasteiger partial charge in [0, 0.05) is 12.8 Å². The molecule has 5 aliphatic rings. The summed E-state index contributed by atoms with van der Waals surface area (Å²) in [5.74, 6) is 2.94. The van der Waals surface area contributed by atoms with Crippen LogP contribution in [-0.2, 0) is 9.47 Å². The third-order valence-corrected chi connectivity index (χ3v) is 12.5. The van der Waals surface area contributed by atoms with Crippen molar-refractivity contribution in [3.63, 3.8) is 0 Å². The van der Waals surface area contributed by atoms with Gasteiger partial charge < -0.3 is 35.0 Å². The first-order valence-electron chi connectivity index (χ1n) is 16.2. The fourth-order valence-corrected chi connectivity index (χ4v) is 10.1. The van der Waals surface area contributed by atoms with Crippen molar-refractivity contribution < 1.29 is 35.0 Å². The molecule has 1 heterocycles. The zero-order valence-corrected chi connectivity index (χ0v) is 25.5. The lowest BCUT2D eigenvalue weighted by molar-refractivity contribution is -0.366. The number of rotatable bonds is 8. The molecule has 0 spiro atoms. The number of hydrogen-bond donors (Lipinski definition) is 5. The molecule has 4 fully saturated rings. The normalized spacial score (nSPS) is 49.7. The third kappa shape index (κ3) is 5.35. The van der Waals surface area contributed by atoms with Gasteiger partial charge in [-0.05, 0) is 84.9 Å². The Morgan fingerprint density at radius 1 is 0.950 bits per heavy atom. The molecule has 40 heavy (non-hydrogen) atoms. The molecule has 0 radical (unpaired) electrons. The minimum Gasteiger partial charge on any atom is -0.394 e. The van der Waals surface area contributed by atoms with E-state index in [0.717, 1.165) is 36.5 Å². The summed E-state index contributed by atoms with van der Waals surface area (Å²) in [6.45, 7) is 11.7. The highest BCUT2D eigenvalue weighted by Crippen LogP contribution is 2.68. The monoisotopic (exact) mass is 564 g/mol. The van der Waals surface area contributed by atoms with E-state index in [0.29, 0.717) is 30.1 Å². The molecule has 1 aliphatic heterocycles. The number of aliphatic hydroxyl groups is 5. The van der Waals surface area contributed by atoms with E-state index in [1.165, 1.54) is 50.5 Å². The van der Waals surface area contributed by atoms with Gasteiger partial charge in [0.15, 0.2) is 12.1 Å². The Hall–Kier alpha value is -0.540. The first-order valence-corrected chi connectivity index (χ1v) is 16.2. The van der Waals surface area contributed by atoms with Gasteiger partial charge in [0.05, 0.1) is 6.61 Å². The van der Waals surface area contributed by atoms with Crippen LogP contribution in [0.5, 0.6) is 0 Å². The second-order valence-electron chi connectivity index (χ2n) is 15.2. The zero-order valence-electron chi connectivity index (χ0n) is 25.5. The van der Waals surface area contributed by atoms with Crippen molar-refractivity contribution in [3.8, 4) is 0 Å². The van der Waals surface area contributed by atoms with Gasteiger partial charge in [-0.2, -0.15) is 0 Å². The number of ether oxygens (including phenoxy) is 2. The molecular formula is C33H56O7. The van der Waals surface area contributed by atoms with Crippen molar-refractivity contribution in [2.24, 2.45) is 46.3 Å². The Morgan fingerprint density at radius 2 is 1.70 bits per heavy atom. The molecule has 5 rings (SSSR count). The molecule has 0 aromatic carbocycles. The van der Waals surface area contributed by atoms with Crippen LogP contribution in [0.15, 0.2) is 11.6 Å². The molecule has 1 saturated heterocycles. The van der Waals surface area contributed by atoms with Crippen LogP contribution < -0.4 is 0 Å². The van der Waals surface area contributed by atoms with Gasteiger partial charge in [-0.25, -0.2) is 0 Å². The largest absolute Gasteiger partial charge is 0.394 e. The summed E-state index contributed by atoms with van der Waals surface area (Å²) in [4.78, 5) is 0. The van der Waals surface area contributed by atoms with Gasteiger partial charge in [0.1, 0.15) is 24.4 Å². The van der Waals surface area contributed by atoms with E-state index >= 15 is 0 Å². The second-order valence-corrected chi connectivity index (χ2v) is 15.2. The number of hydrogen-bond acceptors (Lipinski definition) is 7. The number of allylic oxidation sites excluding steroid dienone is 1. The predicted octanol–water partition coefficient (Wildman–Crippen LogP) is 4.53. The molecule has 0 bridgehead atoms. The Labute approximate surface area is 241 Å². The lowest BCUT2D eigenvalue weighted by Gasteiger charge is -2.59. The fourth-order valence-electron chi connectivity index (χ4n) is 10.1. The maximum absolute atomic E-state index is 11.5. The van der Waals surface area contributed by atoms with Crippen LogP contribution in [0.4, 0.5) is 0 Å². The number of fused-ring (bicyclic) bond motifs is 5. The van der Waals surface area contributed by atoms with Gasteiger partial charge in [0.2, 0.25) is 0 Å². The Kier molecular flexibility index (Phi) is 8.90. The van der Waals surface area contributed by atoms with E-state index in [1.54, 1.807) is 0 Å². The van der Waals surface area contributed by atoms with E-state index in [2.05, 4.69) is 40.7 Å². The van der Waals surface area contributed by atoms with Gasteiger partial charge in [-0.3, -0.25) is 0 Å². The second kappa shape index (κ2) is 11.5.